The van der Waals surface area contributed by atoms with E-state index in [1.54, 1.807) is 4.68 Å². The van der Waals surface area contributed by atoms with Crippen molar-refractivity contribution in [2.45, 2.75) is 60.5 Å². The molecule has 2 aromatic heterocycles. The summed E-state index contributed by atoms with van der Waals surface area (Å²) in [6.07, 6.45) is 1.58. The van der Waals surface area contributed by atoms with Crippen molar-refractivity contribution in [2.75, 3.05) is 0 Å². The van der Waals surface area contributed by atoms with E-state index in [-0.39, 0.29) is 12.3 Å². The van der Waals surface area contributed by atoms with E-state index in [4.69, 9.17) is 0 Å². The number of ketones is 1. The highest BCUT2D eigenvalue weighted by Crippen LogP contribution is 2.16. The van der Waals surface area contributed by atoms with Crippen molar-refractivity contribution in [3.63, 3.8) is 0 Å². The molecule has 0 unspecified atom stereocenters. The molecule has 5 heteroatoms. The third kappa shape index (κ3) is 2.91. The Morgan fingerprint density at radius 1 is 1.19 bits per heavy atom. The molecule has 0 radical (unpaired) electrons. The molecule has 2 aromatic rings. The van der Waals surface area contributed by atoms with Gasteiger partial charge in [0.1, 0.15) is 12.4 Å². The van der Waals surface area contributed by atoms with Crippen molar-refractivity contribution >= 4 is 5.78 Å². The van der Waals surface area contributed by atoms with Crippen molar-refractivity contribution in [2.24, 2.45) is 0 Å². The third-order valence-corrected chi connectivity index (χ3v) is 3.91. The summed E-state index contributed by atoms with van der Waals surface area (Å²) < 4.78 is 3.91. The summed E-state index contributed by atoms with van der Waals surface area (Å²) in [4.78, 5) is 17.0. The average Bonchev–Trinajstić information content (AvgIpc) is 2.99. The SMILES string of the molecule is CCc1nc(CC)n(CC(=O)c2cc(C)n(CC)c2C)n1. The standard InChI is InChI=1S/C16H24N4O/c1-6-15-17-16(7-2)20(18-15)10-14(21)13-9-11(4)19(8-3)12(13)5/h9H,6-8,10H2,1-5H3. The average molecular weight is 288 g/mol. The molecule has 5 nitrogen and oxygen atoms in total. The van der Waals surface area contributed by atoms with Crippen molar-refractivity contribution < 1.29 is 4.79 Å². The molecule has 0 atom stereocenters. The lowest BCUT2D eigenvalue weighted by molar-refractivity contribution is 0.0965. The number of hydrogen-bond acceptors (Lipinski definition) is 3. The molecule has 0 aliphatic carbocycles. The second-order valence-electron chi connectivity index (χ2n) is 5.26. The van der Waals surface area contributed by atoms with Crippen LogP contribution in [0, 0.1) is 13.8 Å². The van der Waals surface area contributed by atoms with Crippen LogP contribution >= 0.6 is 0 Å². The van der Waals surface area contributed by atoms with E-state index < -0.39 is 0 Å². The topological polar surface area (TPSA) is 52.7 Å². The van der Waals surface area contributed by atoms with Crippen LogP contribution in [0.2, 0.25) is 0 Å². The monoisotopic (exact) mass is 288 g/mol. The lowest BCUT2D eigenvalue weighted by atomic mass is 10.1. The Hall–Kier alpha value is -1.91. The zero-order valence-electron chi connectivity index (χ0n) is 13.6. The summed E-state index contributed by atoms with van der Waals surface area (Å²) in [6, 6.07) is 1.98. The van der Waals surface area contributed by atoms with Gasteiger partial charge in [-0.15, -0.1) is 0 Å². The fourth-order valence-corrected chi connectivity index (χ4v) is 2.76. The summed E-state index contributed by atoms with van der Waals surface area (Å²) in [5, 5.41) is 4.42. The normalized spacial score (nSPS) is 11.1. The minimum absolute atomic E-state index is 0.102. The van der Waals surface area contributed by atoms with E-state index in [2.05, 4.69) is 21.6 Å². The minimum Gasteiger partial charge on any atom is -0.349 e. The van der Waals surface area contributed by atoms with Crippen LogP contribution in [0.4, 0.5) is 0 Å². The molecule has 0 aliphatic rings. The second-order valence-corrected chi connectivity index (χ2v) is 5.26. The number of carbonyl (C=O) groups is 1. The molecule has 0 fully saturated rings. The number of hydrogen-bond donors (Lipinski definition) is 0. The molecular formula is C16H24N4O. The molecule has 0 saturated heterocycles. The van der Waals surface area contributed by atoms with E-state index in [0.29, 0.717) is 0 Å². The molecular weight excluding hydrogens is 264 g/mol. The number of nitrogens with zero attached hydrogens (tertiary/aromatic N) is 4. The molecule has 0 spiro atoms. The molecule has 0 bridgehead atoms. The summed E-state index contributed by atoms with van der Waals surface area (Å²) >= 11 is 0. The van der Waals surface area contributed by atoms with Crippen molar-refractivity contribution in [3.8, 4) is 0 Å². The largest absolute Gasteiger partial charge is 0.349 e. The summed E-state index contributed by atoms with van der Waals surface area (Å²) in [5.74, 6) is 1.79. The van der Waals surface area contributed by atoms with Gasteiger partial charge in [0, 0.05) is 36.3 Å². The fourth-order valence-electron chi connectivity index (χ4n) is 2.76. The van der Waals surface area contributed by atoms with Gasteiger partial charge in [0.15, 0.2) is 11.6 Å². The Morgan fingerprint density at radius 3 is 2.43 bits per heavy atom. The number of Topliss-reactive ketones (excluding diaryl/α,β-unsaturated/α-hetero) is 1. The van der Waals surface area contributed by atoms with Gasteiger partial charge in [0.2, 0.25) is 0 Å². The first-order valence-corrected chi connectivity index (χ1v) is 7.64. The molecule has 0 N–H and O–H groups in total. The molecule has 21 heavy (non-hydrogen) atoms. The van der Waals surface area contributed by atoms with E-state index in [9.17, 15) is 4.79 Å². The lowest BCUT2D eigenvalue weighted by Crippen LogP contribution is -2.15. The van der Waals surface area contributed by atoms with Crippen LogP contribution in [0.3, 0.4) is 0 Å². The van der Waals surface area contributed by atoms with Crippen LogP contribution in [0.25, 0.3) is 0 Å². The van der Waals surface area contributed by atoms with Crippen molar-refractivity contribution in [1.29, 1.82) is 0 Å². The first-order valence-electron chi connectivity index (χ1n) is 7.64. The van der Waals surface area contributed by atoms with Gasteiger partial charge >= 0.3 is 0 Å². The first kappa shape index (κ1) is 15.5. The minimum atomic E-state index is 0.102. The van der Waals surface area contributed by atoms with Crippen LogP contribution in [-0.2, 0) is 25.9 Å². The molecule has 0 aliphatic heterocycles. The Morgan fingerprint density at radius 2 is 1.90 bits per heavy atom. The lowest BCUT2D eigenvalue weighted by Gasteiger charge is -2.06. The van der Waals surface area contributed by atoms with E-state index in [0.717, 1.165) is 48.0 Å². The number of rotatable bonds is 6. The second kappa shape index (κ2) is 6.24. The van der Waals surface area contributed by atoms with Gasteiger partial charge in [0.25, 0.3) is 0 Å². The fraction of sp³-hybridized carbons (Fsp3) is 0.562. The summed E-state index contributed by atoms with van der Waals surface area (Å²) in [7, 11) is 0. The van der Waals surface area contributed by atoms with Crippen molar-refractivity contribution in [3.05, 3.63) is 34.7 Å². The molecule has 2 rings (SSSR count). The first-order chi connectivity index (χ1) is 10.0. The van der Waals surface area contributed by atoms with Gasteiger partial charge in [-0.2, -0.15) is 5.10 Å². The zero-order valence-corrected chi connectivity index (χ0v) is 13.6. The van der Waals surface area contributed by atoms with Gasteiger partial charge in [-0.05, 0) is 26.8 Å². The molecule has 0 aromatic carbocycles. The predicted molar refractivity (Wildman–Crippen MR) is 82.7 cm³/mol. The molecule has 2 heterocycles. The maximum atomic E-state index is 12.6. The van der Waals surface area contributed by atoms with Crippen LogP contribution in [0.15, 0.2) is 6.07 Å². The quantitative estimate of drug-likeness (QED) is 0.768. The maximum absolute atomic E-state index is 12.6. The Labute approximate surface area is 126 Å². The number of aromatic nitrogens is 4. The van der Waals surface area contributed by atoms with Crippen LogP contribution in [0.5, 0.6) is 0 Å². The van der Waals surface area contributed by atoms with E-state index >= 15 is 0 Å². The highest BCUT2D eigenvalue weighted by Gasteiger charge is 2.17. The highest BCUT2D eigenvalue weighted by atomic mass is 16.1. The summed E-state index contributed by atoms with van der Waals surface area (Å²) in [5.41, 5.74) is 2.96. The molecule has 0 amide bonds. The van der Waals surface area contributed by atoms with E-state index in [1.807, 2.05) is 33.8 Å². The van der Waals surface area contributed by atoms with Gasteiger partial charge in [-0.1, -0.05) is 13.8 Å². The van der Waals surface area contributed by atoms with Crippen LogP contribution in [-0.4, -0.2) is 25.1 Å². The van der Waals surface area contributed by atoms with Crippen molar-refractivity contribution in [1.82, 2.24) is 19.3 Å². The zero-order chi connectivity index (χ0) is 15.6. The smallest absolute Gasteiger partial charge is 0.186 e. The maximum Gasteiger partial charge on any atom is 0.186 e. The molecule has 114 valence electrons. The Balaban J connectivity index is 2.28. The predicted octanol–water partition coefficient (Wildman–Crippen LogP) is 2.72. The van der Waals surface area contributed by atoms with Crippen LogP contribution < -0.4 is 0 Å². The third-order valence-electron chi connectivity index (χ3n) is 3.91. The Bertz CT molecular complexity index is 652. The Kier molecular flexibility index (Phi) is 4.60. The molecule has 0 saturated carbocycles. The van der Waals surface area contributed by atoms with Gasteiger partial charge < -0.3 is 4.57 Å². The van der Waals surface area contributed by atoms with Gasteiger partial charge in [-0.25, -0.2) is 9.67 Å². The van der Waals surface area contributed by atoms with E-state index in [1.165, 1.54) is 0 Å². The number of carbonyl (C=O) groups excluding carboxylic acids is 1. The summed E-state index contributed by atoms with van der Waals surface area (Å²) in [6.45, 7) is 11.3. The highest BCUT2D eigenvalue weighted by molar-refractivity contribution is 5.97. The van der Waals surface area contributed by atoms with Gasteiger partial charge in [0.05, 0.1) is 0 Å². The number of aryl methyl sites for hydroxylation is 3. The van der Waals surface area contributed by atoms with Gasteiger partial charge in [-0.3, -0.25) is 4.79 Å². The van der Waals surface area contributed by atoms with Crippen LogP contribution in [0.1, 0.15) is 54.2 Å².